The number of ketones is 5. The molecule has 0 aliphatic heterocycles. The molecule has 0 bridgehead atoms. The van der Waals surface area contributed by atoms with Crippen molar-refractivity contribution in [3.05, 3.63) is 0 Å². The monoisotopic (exact) mass is 836 g/mol. The minimum absolute atomic E-state index is 0. The van der Waals surface area contributed by atoms with E-state index in [4.69, 9.17) is 0 Å². The van der Waals surface area contributed by atoms with Crippen molar-refractivity contribution in [3.8, 4) is 0 Å². The molecule has 56 heavy (non-hydrogen) atoms. The second-order valence-corrected chi connectivity index (χ2v) is 12.6. The molecule has 0 atom stereocenters. The van der Waals surface area contributed by atoms with E-state index < -0.39 is 62.0 Å². The Balaban J connectivity index is -0.000000139. The molecular weight excluding hydrogens is 771 g/mol. The molecule has 0 rings (SSSR count). The first kappa shape index (κ1) is 64.2. The zero-order valence-electron chi connectivity index (χ0n) is 35.1. The summed E-state index contributed by atoms with van der Waals surface area (Å²) in [5.74, 6) is -7.96. The molecule has 0 aliphatic carbocycles. The molecule has 15 nitrogen and oxygen atoms in total. The average molecular weight is 837 g/mol. The van der Waals surface area contributed by atoms with Gasteiger partial charge in [-0.05, 0) is 64.2 Å². The van der Waals surface area contributed by atoms with Gasteiger partial charge in [-0.15, -0.1) is 0 Å². The predicted molar refractivity (Wildman–Crippen MR) is 194 cm³/mol. The van der Waals surface area contributed by atoms with Crippen molar-refractivity contribution < 1.29 is 92.0 Å². The van der Waals surface area contributed by atoms with E-state index in [1.807, 2.05) is 69.2 Å². The van der Waals surface area contributed by atoms with Crippen LogP contribution in [-0.2, 0) is 66.5 Å². The molecule has 0 aromatic rings. The van der Waals surface area contributed by atoms with E-state index in [1.165, 1.54) is 0 Å². The van der Waals surface area contributed by atoms with Crippen molar-refractivity contribution in [2.24, 2.45) is 29.6 Å². The Bertz CT molecular complexity index is 953. The van der Waals surface area contributed by atoms with E-state index in [2.05, 4.69) is 0 Å². The number of carboxylic acids is 5. The molecule has 1 radical (unpaired) electrons. The van der Waals surface area contributed by atoms with Gasteiger partial charge in [0.15, 0.2) is 0 Å². The van der Waals surface area contributed by atoms with Gasteiger partial charge in [0.1, 0.15) is 28.9 Å². The summed E-state index contributed by atoms with van der Waals surface area (Å²) >= 11 is 0. The van der Waals surface area contributed by atoms with Gasteiger partial charge in [0, 0.05) is 110 Å². The molecule has 0 saturated carbocycles. The van der Waals surface area contributed by atoms with Crippen LogP contribution in [0.1, 0.15) is 166 Å². The number of carboxylic acid groups (broad SMARTS) is 5. The van der Waals surface area contributed by atoms with Crippen LogP contribution in [-0.4, -0.2) is 58.8 Å². The Morgan fingerprint density at radius 1 is 0.268 bits per heavy atom. The molecule has 16 heteroatoms. The first-order chi connectivity index (χ1) is 25.6. The van der Waals surface area contributed by atoms with E-state index in [1.54, 1.807) is 0 Å². The minimum atomic E-state index is -1.28. The van der Waals surface area contributed by atoms with E-state index in [0.717, 1.165) is 0 Å². The van der Waals surface area contributed by atoms with Crippen molar-refractivity contribution in [1.82, 2.24) is 0 Å². The molecule has 0 aromatic carbocycles. The maximum atomic E-state index is 11.0. The Morgan fingerprint density at radius 3 is 0.411 bits per heavy atom. The maximum absolute atomic E-state index is 11.0. The summed E-state index contributed by atoms with van der Waals surface area (Å²) in [7, 11) is 0. The third-order valence-corrected chi connectivity index (χ3v) is 8.80. The predicted octanol–water partition coefficient (Wildman–Crippen LogP) is 0.656. The fraction of sp³-hybridized carbons (Fsp3) is 0.750. The number of Topliss-reactive ketones (excluding diaryl/α,β-unsaturated/α-hetero) is 5. The third kappa shape index (κ3) is 38.6. The fourth-order valence-electron chi connectivity index (χ4n) is 5.15. The Hall–Kier alpha value is -3.72. The first-order valence-corrected chi connectivity index (χ1v) is 19.2. The summed E-state index contributed by atoms with van der Waals surface area (Å²) in [5, 5.41) is 50.1. The molecular formula is C40H65O15V-5. The molecule has 0 saturated heterocycles. The van der Waals surface area contributed by atoms with Crippen molar-refractivity contribution in [2.45, 2.75) is 166 Å². The van der Waals surface area contributed by atoms with Crippen LogP contribution in [0.2, 0.25) is 0 Å². The van der Waals surface area contributed by atoms with Crippen LogP contribution in [0.15, 0.2) is 0 Å². The Kier molecular flexibility index (Phi) is 46.9. The number of carbonyl (C=O) groups is 10. The van der Waals surface area contributed by atoms with Crippen LogP contribution < -0.4 is 25.5 Å². The van der Waals surface area contributed by atoms with E-state index >= 15 is 0 Å². The van der Waals surface area contributed by atoms with Gasteiger partial charge < -0.3 is 49.5 Å². The van der Waals surface area contributed by atoms with E-state index in [-0.39, 0.29) is 77.1 Å². The van der Waals surface area contributed by atoms with Crippen LogP contribution in [0, 0.1) is 29.6 Å². The van der Waals surface area contributed by atoms with Crippen LogP contribution in [0.4, 0.5) is 0 Å². The fourth-order valence-corrected chi connectivity index (χ4v) is 5.15. The van der Waals surface area contributed by atoms with Crippen molar-refractivity contribution in [1.29, 1.82) is 0 Å². The van der Waals surface area contributed by atoms with Crippen LogP contribution in [0.25, 0.3) is 0 Å². The third-order valence-electron chi connectivity index (χ3n) is 8.80. The van der Waals surface area contributed by atoms with Gasteiger partial charge in [0.2, 0.25) is 0 Å². The SMILES string of the molecule is CCC(CC)C(=O)CC(=O)[O-].CCC(CC)C(=O)CC(=O)[O-].CCC(CC)C(=O)CC(=O)[O-].CCC(CC)C(=O)CC(=O)[O-].CCC(CC)C(=O)CC(=O)[O-].[V]. The smallest absolute Gasteiger partial charge is 0.141 e. The Morgan fingerprint density at radius 2 is 0.357 bits per heavy atom. The summed E-state index contributed by atoms with van der Waals surface area (Å²) in [4.78, 5) is 105. The zero-order valence-corrected chi connectivity index (χ0v) is 36.5. The van der Waals surface area contributed by atoms with Gasteiger partial charge in [-0.2, -0.15) is 0 Å². The second-order valence-electron chi connectivity index (χ2n) is 12.6. The van der Waals surface area contributed by atoms with Gasteiger partial charge in [-0.25, -0.2) is 0 Å². The summed E-state index contributed by atoms with van der Waals surface area (Å²) in [6, 6.07) is 0. The normalized spacial score (nSPS) is 9.91. The molecule has 0 spiro atoms. The molecule has 0 fully saturated rings. The largest absolute Gasteiger partial charge is 0.550 e. The molecule has 325 valence electrons. The van der Waals surface area contributed by atoms with Gasteiger partial charge in [-0.3, -0.25) is 24.0 Å². The van der Waals surface area contributed by atoms with E-state index in [0.29, 0.717) is 64.2 Å². The van der Waals surface area contributed by atoms with Gasteiger partial charge in [-0.1, -0.05) is 69.2 Å². The summed E-state index contributed by atoms with van der Waals surface area (Å²) < 4.78 is 0. The van der Waals surface area contributed by atoms with Crippen molar-refractivity contribution >= 4 is 58.8 Å². The Labute approximate surface area is 345 Å². The molecule has 0 aliphatic rings. The number of rotatable bonds is 25. The number of hydrogen-bond acceptors (Lipinski definition) is 15. The molecule has 0 unspecified atom stereocenters. The van der Waals surface area contributed by atoms with Gasteiger partial charge in [0.05, 0.1) is 0 Å². The zero-order chi connectivity index (χ0) is 44.3. The quantitative estimate of drug-likeness (QED) is 0.114. The summed E-state index contributed by atoms with van der Waals surface area (Å²) in [6.45, 7) is 18.8. The van der Waals surface area contributed by atoms with Crippen LogP contribution in [0.5, 0.6) is 0 Å². The van der Waals surface area contributed by atoms with Gasteiger partial charge >= 0.3 is 0 Å². The maximum Gasteiger partial charge on any atom is 0.141 e. The van der Waals surface area contributed by atoms with Crippen molar-refractivity contribution in [3.63, 3.8) is 0 Å². The van der Waals surface area contributed by atoms with Gasteiger partial charge in [0.25, 0.3) is 0 Å². The number of hydrogen-bond donors (Lipinski definition) is 0. The minimum Gasteiger partial charge on any atom is -0.550 e. The standard InChI is InChI=1S/5C8H14O3.V/c5*1-3-6(4-2)7(9)5-8(10)11;/h5*6H,3-5H2,1-2H3,(H,10,11);/p-5. The first-order valence-electron chi connectivity index (χ1n) is 19.2. The topological polar surface area (TPSA) is 286 Å². The second kappa shape index (κ2) is 40.9. The molecule has 0 heterocycles. The van der Waals surface area contributed by atoms with Crippen LogP contribution in [0.3, 0.4) is 0 Å². The van der Waals surface area contributed by atoms with E-state index in [9.17, 15) is 73.5 Å². The van der Waals surface area contributed by atoms with Crippen LogP contribution >= 0.6 is 0 Å². The summed E-state index contributed by atoms with van der Waals surface area (Å²) in [6.07, 6.45) is 4.92. The molecule has 0 aromatic heterocycles. The summed E-state index contributed by atoms with van der Waals surface area (Å²) in [5.41, 5.74) is 0. The van der Waals surface area contributed by atoms with Crippen molar-refractivity contribution in [2.75, 3.05) is 0 Å². The number of aliphatic carboxylic acids is 5. The molecule has 0 N–H and O–H groups in total. The number of carbonyl (C=O) groups excluding carboxylic acids is 10. The average Bonchev–Trinajstić information content (AvgIpc) is 3.07. The molecule has 0 amide bonds.